The van der Waals surface area contributed by atoms with Crippen LogP contribution in [0.5, 0.6) is 0 Å². The molecular formula is C27H30F3N9O3. The van der Waals surface area contributed by atoms with Crippen molar-refractivity contribution < 1.29 is 27.9 Å². The van der Waals surface area contributed by atoms with Crippen LogP contribution in [0.15, 0.2) is 42.6 Å². The molecule has 0 bridgehead atoms. The number of rotatable bonds is 7. The van der Waals surface area contributed by atoms with Crippen LogP contribution < -0.4 is 10.6 Å². The van der Waals surface area contributed by atoms with Gasteiger partial charge in [-0.25, -0.2) is 9.48 Å². The Kier molecular flexibility index (Phi) is 7.86. The van der Waals surface area contributed by atoms with Gasteiger partial charge in [0.05, 0.1) is 35.1 Å². The standard InChI is InChI=1S/C27H30F3N9O3/c1-16(2)13-26(42)7-9-38(10-8-26)25(41)33-18-11-21(27(28,29)30)20-14-32-39(22(20)12-18)19-5-3-17(4-6-19)24(40)31-15-23-34-36-37-35-23/h3-6,11-12,14,16,42H,7-10,13,15H2,1-2H3,(H,31,40)(H,33,41)(H,34,35,36,37). The number of alkyl halides is 3. The fourth-order valence-corrected chi connectivity index (χ4v) is 5.20. The summed E-state index contributed by atoms with van der Waals surface area (Å²) in [5.41, 5.74) is -0.990. The maximum atomic E-state index is 14.1. The van der Waals surface area contributed by atoms with Crippen LogP contribution in [0.25, 0.3) is 16.6 Å². The van der Waals surface area contributed by atoms with E-state index in [1.807, 2.05) is 13.8 Å². The average molecular weight is 586 g/mol. The van der Waals surface area contributed by atoms with Gasteiger partial charge in [0.1, 0.15) is 0 Å². The van der Waals surface area contributed by atoms with E-state index >= 15 is 0 Å². The molecule has 5 rings (SSSR count). The largest absolute Gasteiger partial charge is 0.417 e. The number of nitrogens with zero attached hydrogens (tertiary/aromatic N) is 6. The number of benzene rings is 2. The summed E-state index contributed by atoms with van der Waals surface area (Å²) >= 11 is 0. The maximum absolute atomic E-state index is 14.1. The topological polar surface area (TPSA) is 154 Å². The lowest BCUT2D eigenvalue weighted by molar-refractivity contribution is -0.136. The zero-order chi connectivity index (χ0) is 30.1. The molecule has 1 aliphatic rings. The van der Waals surface area contributed by atoms with E-state index in [2.05, 4.69) is 36.4 Å². The second-order valence-electron chi connectivity index (χ2n) is 10.8. The van der Waals surface area contributed by atoms with E-state index in [9.17, 15) is 27.9 Å². The summed E-state index contributed by atoms with van der Waals surface area (Å²) in [5, 5.41) is 33.3. The fourth-order valence-electron chi connectivity index (χ4n) is 5.20. The second-order valence-corrected chi connectivity index (χ2v) is 10.8. The number of hydrogen-bond donors (Lipinski definition) is 4. The molecule has 1 saturated heterocycles. The molecule has 0 saturated carbocycles. The van der Waals surface area contributed by atoms with Gasteiger partial charge >= 0.3 is 12.2 Å². The van der Waals surface area contributed by atoms with Crippen molar-refractivity contribution in [3.63, 3.8) is 0 Å². The Balaban J connectivity index is 1.36. The Morgan fingerprint density at radius 1 is 1.14 bits per heavy atom. The van der Waals surface area contributed by atoms with Crippen molar-refractivity contribution in [2.45, 2.75) is 51.4 Å². The molecule has 15 heteroatoms. The highest BCUT2D eigenvalue weighted by Crippen LogP contribution is 2.38. The van der Waals surface area contributed by atoms with Crippen molar-refractivity contribution in [1.29, 1.82) is 0 Å². The first-order chi connectivity index (χ1) is 19.9. The predicted molar refractivity (Wildman–Crippen MR) is 146 cm³/mol. The SMILES string of the molecule is CC(C)CC1(O)CCN(C(=O)Nc2cc(C(F)(F)F)c3cnn(-c4ccc(C(=O)NCc5nn[nH]n5)cc4)c3c2)CC1. The van der Waals surface area contributed by atoms with E-state index in [4.69, 9.17) is 0 Å². The monoisotopic (exact) mass is 585 g/mol. The molecule has 1 fully saturated rings. The Hall–Kier alpha value is -4.53. The van der Waals surface area contributed by atoms with Gasteiger partial charge in [0.15, 0.2) is 5.82 Å². The first-order valence-corrected chi connectivity index (χ1v) is 13.4. The van der Waals surface area contributed by atoms with Gasteiger partial charge in [0, 0.05) is 29.7 Å². The third-order valence-electron chi connectivity index (χ3n) is 7.19. The molecular weight excluding hydrogens is 555 g/mol. The number of fused-ring (bicyclic) bond motifs is 1. The number of tetrazole rings is 1. The highest BCUT2D eigenvalue weighted by molar-refractivity contribution is 5.95. The molecule has 222 valence electrons. The van der Waals surface area contributed by atoms with Crippen LogP contribution in [0.1, 0.15) is 54.9 Å². The van der Waals surface area contributed by atoms with Gasteiger partial charge in [0.25, 0.3) is 5.91 Å². The molecule has 12 nitrogen and oxygen atoms in total. The molecule has 4 aromatic rings. The van der Waals surface area contributed by atoms with E-state index in [0.29, 0.717) is 42.3 Å². The molecule has 0 atom stereocenters. The third kappa shape index (κ3) is 6.35. The Morgan fingerprint density at radius 2 is 1.86 bits per heavy atom. The fraction of sp³-hybridized carbons (Fsp3) is 0.407. The van der Waals surface area contributed by atoms with Crippen molar-refractivity contribution in [2.75, 3.05) is 18.4 Å². The predicted octanol–water partition coefficient (Wildman–Crippen LogP) is 3.89. The number of aliphatic hydroxyl groups is 1. The molecule has 0 spiro atoms. The average Bonchev–Trinajstić information content (AvgIpc) is 3.61. The Morgan fingerprint density at radius 3 is 2.48 bits per heavy atom. The summed E-state index contributed by atoms with van der Waals surface area (Å²) in [6, 6.07) is 7.92. The van der Waals surface area contributed by atoms with E-state index < -0.39 is 29.3 Å². The number of halogens is 3. The minimum atomic E-state index is -4.70. The Labute approximate surface area is 238 Å². The van der Waals surface area contributed by atoms with Gasteiger partial charge in [-0.2, -0.15) is 23.5 Å². The highest BCUT2D eigenvalue weighted by atomic mass is 19.4. The molecule has 2 aromatic carbocycles. The van der Waals surface area contributed by atoms with Crippen molar-refractivity contribution in [1.82, 2.24) is 40.6 Å². The van der Waals surface area contributed by atoms with Gasteiger partial charge in [-0.3, -0.25) is 4.79 Å². The molecule has 4 N–H and O–H groups in total. The zero-order valence-electron chi connectivity index (χ0n) is 22.9. The molecule has 0 unspecified atom stereocenters. The smallest absolute Gasteiger partial charge is 0.390 e. The normalized spacial score (nSPS) is 15.3. The van der Waals surface area contributed by atoms with Crippen LogP contribution in [0.3, 0.4) is 0 Å². The van der Waals surface area contributed by atoms with Crippen molar-refractivity contribution in [3.8, 4) is 5.69 Å². The van der Waals surface area contributed by atoms with Gasteiger partial charge in [-0.1, -0.05) is 19.1 Å². The minimum Gasteiger partial charge on any atom is -0.390 e. The number of H-pyrrole nitrogens is 1. The molecule has 3 heterocycles. The molecule has 0 radical (unpaired) electrons. The number of carbonyl (C=O) groups excluding carboxylic acids is 2. The van der Waals surface area contributed by atoms with Gasteiger partial charge in [-0.15, -0.1) is 10.2 Å². The van der Waals surface area contributed by atoms with Crippen molar-refractivity contribution in [3.05, 3.63) is 59.5 Å². The molecule has 42 heavy (non-hydrogen) atoms. The van der Waals surface area contributed by atoms with Crippen LogP contribution in [-0.2, 0) is 12.7 Å². The van der Waals surface area contributed by atoms with Crippen molar-refractivity contribution in [2.24, 2.45) is 5.92 Å². The number of aromatic amines is 1. The summed E-state index contributed by atoms with van der Waals surface area (Å²) in [6.45, 7) is 4.67. The lowest BCUT2D eigenvalue weighted by atomic mass is 9.84. The number of aromatic nitrogens is 6. The summed E-state index contributed by atoms with van der Waals surface area (Å²) in [6.07, 6.45) is -2.18. The van der Waals surface area contributed by atoms with E-state index in [0.717, 1.165) is 12.3 Å². The lowest BCUT2D eigenvalue weighted by Crippen LogP contribution is -2.48. The number of amides is 3. The number of carbonyl (C=O) groups is 2. The summed E-state index contributed by atoms with van der Waals surface area (Å²) in [7, 11) is 0. The van der Waals surface area contributed by atoms with Crippen LogP contribution in [-0.4, -0.2) is 71.0 Å². The summed E-state index contributed by atoms with van der Waals surface area (Å²) in [4.78, 5) is 27.0. The van der Waals surface area contributed by atoms with Crippen molar-refractivity contribution >= 4 is 28.5 Å². The summed E-state index contributed by atoms with van der Waals surface area (Å²) < 4.78 is 43.5. The zero-order valence-corrected chi connectivity index (χ0v) is 22.9. The maximum Gasteiger partial charge on any atom is 0.417 e. The number of nitrogens with one attached hydrogen (secondary N) is 3. The molecule has 3 amide bonds. The second kappa shape index (κ2) is 11.4. The van der Waals surface area contributed by atoms with Crippen LogP contribution >= 0.6 is 0 Å². The summed E-state index contributed by atoms with van der Waals surface area (Å²) in [5.74, 6) is 0.199. The number of likely N-dealkylation sites (tertiary alicyclic amines) is 1. The number of piperidine rings is 1. The number of hydrogen-bond acceptors (Lipinski definition) is 7. The van der Waals surface area contributed by atoms with Crippen LogP contribution in [0.4, 0.5) is 23.7 Å². The van der Waals surface area contributed by atoms with Crippen LogP contribution in [0, 0.1) is 5.92 Å². The first-order valence-electron chi connectivity index (χ1n) is 13.4. The third-order valence-corrected chi connectivity index (χ3v) is 7.19. The number of urea groups is 1. The minimum absolute atomic E-state index is 0.0398. The van der Waals surface area contributed by atoms with Gasteiger partial charge < -0.3 is 20.6 Å². The first kappa shape index (κ1) is 29.0. The van der Waals surface area contributed by atoms with Gasteiger partial charge in [0.2, 0.25) is 0 Å². The Bertz CT molecular complexity index is 1560. The highest BCUT2D eigenvalue weighted by Gasteiger charge is 2.36. The van der Waals surface area contributed by atoms with Gasteiger partial charge in [-0.05, 0) is 61.6 Å². The molecule has 0 aliphatic carbocycles. The number of anilines is 1. The van der Waals surface area contributed by atoms with E-state index in [1.54, 1.807) is 12.1 Å². The quantitative estimate of drug-likeness (QED) is 0.257. The lowest BCUT2D eigenvalue weighted by Gasteiger charge is -2.39. The molecule has 1 aliphatic heterocycles. The molecule has 2 aromatic heterocycles. The van der Waals surface area contributed by atoms with Crippen LogP contribution in [0.2, 0.25) is 0 Å². The van der Waals surface area contributed by atoms with E-state index in [-0.39, 0.29) is 36.2 Å². The van der Waals surface area contributed by atoms with E-state index in [1.165, 1.54) is 27.8 Å².